The summed E-state index contributed by atoms with van der Waals surface area (Å²) in [6.07, 6.45) is 6.61. The molecular weight excluding hydrogens is 228 g/mol. The average molecular weight is 254 g/mol. The van der Waals surface area contributed by atoms with Crippen molar-refractivity contribution in [2.45, 2.75) is 57.6 Å². The van der Waals surface area contributed by atoms with Crippen LogP contribution in [0.15, 0.2) is 0 Å². The van der Waals surface area contributed by atoms with Crippen LogP contribution in [0, 0.1) is 11.8 Å². The van der Waals surface area contributed by atoms with Crippen LogP contribution in [-0.4, -0.2) is 41.1 Å². The van der Waals surface area contributed by atoms with Gasteiger partial charge in [0.1, 0.15) is 0 Å². The van der Waals surface area contributed by atoms with Crippen LogP contribution >= 0.6 is 0 Å². The van der Waals surface area contributed by atoms with E-state index in [9.17, 15) is 9.90 Å². The third-order valence-corrected chi connectivity index (χ3v) is 4.58. The zero-order valence-corrected chi connectivity index (χ0v) is 11.3. The van der Waals surface area contributed by atoms with Gasteiger partial charge in [-0.2, -0.15) is 0 Å². The van der Waals surface area contributed by atoms with Gasteiger partial charge in [-0.3, -0.25) is 9.69 Å². The standard InChI is InChI=1S/C14H26N2O2/c1-10-3-2-4-11(7-10)5-6-16-9-12(17)8-13(16)14(15)18/h10-13,17H,2-9H2,1H3,(H2,15,18)/t10-,11-,12-,13+/m1/s1. The summed E-state index contributed by atoms with van der Waals surface area (Å²) in [5.41, 5.74) is 5.39. The van der Waals surface area contributed by atoms with E-state index in [4.69, 9.17) is 5.73 Å². The SMILES string of the molecule is C[C@@H]1CCC[C@H](CCN2C[C@H](O)C[C@H]2C(N)=O)C1. The Morgan fingerprint density at radius 1 is 1.39 bits per heavy atom. The van der Waals surface area contributed by atoms with Gasteiger partial charge in [-0.25, -0.2) is 0 Å². The number of carbonyl (C=O) groups is 1. The van der Waals surface area contributed by atoms with E-state index in [1.807, 2.05) is 0 Å². The number of β-amino-alcohol motifs (C(OH)–C–C–N with tert-alkyl or cyclic N) is 1. The smallest absolute Gasteiger partial charge is 0.234 e. The molecule has 104 valence electrons. The molecule has 0 aromatic carbocycles. The van der Waals surface area contributed by atoms with Crippen molar-refractivity contribution in [1.82, 2.24) is 4.90 Å². The van der Waals surface area contributed by atoms with E-state index in [0.29, 0.717) is 13.0 Å². The summed E-state index contributed by atoms with van der Waals surface area (Å²) in [6, 6.07) is -0.249. The molecule has 1 saturated carbocycles. The Labute approximate surface area is 110 Å². The van der Waals surface area contributed by atoms with Gasteiger partial charge in [-0.05, 0) is 37.6 Å². The zero-order valence-electron chi connectivity index (χ0n) is 11.3. The molecule has 1 aliphatic heterocycles. The third kappa shape index (κ3) is 3.45. The van der Waals surface area contributed by atoms with Crippen molar-refractivity contribution in [1.29, 1.82) is 0 Å². The number of primary amides is 1. The van der Waals surface area contributed by atoms with Crippen LogP contribution in [0.5, 0.6) is 0 Å². The molecule has 4 nitrogen and oxygen atoms in total. The monoisotopic (exact) mass is 254 g/mol. The van der Waals surface area contributed by atoms with Gasteiger partial charge in [-0.1, -0.05) is 26.2 Å². The van der Waals surface area contributed by atoms with Crippen LogP contribution in [0.2, 0.25) is 0 Å². The lowest BCUT2D eigenvalue weighted by molar-refractivity contribution is -0.122. The minimum absolute atomic E-state index is 0.249. The van der Waals surface area contributed by atoms with Gasteiger partial charge in [0.05, 0.1) is 12.1 Å². The molecule has 1 amide bonds. The van der Waals surface area contributed by atoms with E-state index in [1.54, 1.807) is 0 Å². The van der Waals surface area contributed by atoms with Crippen LogP contribution in [0.1, 0.15) is 45.4 Å². The zero-order chi connectivity index (χ0) is 13.1. The molecule has 0 aromatic heterocycles. The number of amides is 1. The normalized spacial score (nSPS) is 37.9. The molecule has 1 saturated heterocycles. The molecule has 4 atom stereocenters. The summed E-state index contributed by atoms with van der Waals surface area (Å²) >= 11 is 0. The van der Waals surface area contributed by atoms with Crippen LogP contribution in [-0.2, 0) is 4.79 Å². The number of hydrogen-bond acceptors (Lipinski definition) is 3. The Hall–Kier alpha value is -0.610. The summed E-state index contributed by atoms with van der Waals surface area (Å²) in [5, 5.41) is 9.65. The average Bonchev–Trinajstić information content (AvgIpc) is 2.68. The lowest BCUT2D eigenvalue weighted by atomic mass is 9.81. The molecule has 1 heterocycles. The maximum absolute atomic E-state index is 11.3. The first-order chi connectivity index (χ1) is 8.56. The van der Waals surface area contributed by atoms with Crippen molar-refractivity contribution in [2.75, 3.05) is 13.1 Å². The lowest BCUT2D eigenvalue weighted by Crippen LogP contribution is -2.41. The second kappa shape index (κ2) is 6.02. The topological polar surface area (TPSA) is 66.6 Å². The van der Waals surface area contributed by atoms with Gasteiger partial charge < -0.3 is 10.8 Å². The molecule has 4 heteroatoms. The van der Waals surface area contributed by atoms with E-state index in [0.717, 1.165) is 24.8 Å². The first-order valence-corrected chi connectivity index (χ1v) is 7.27. The lowest BCUT2D eigenvalue weighted by Gasteiger charge is -2.29. The van der Waals surface area contributed by atoms with Crippen molar-refractivity contribution in [3.63, 3.8) is 0 Å². The highest BCUT2D eigenvalue weighted by Gasteiger charge is 2.34. The van der Waals surface area contributed by atoms with E-state index in [2.05, 4.69) is 11.8 Å². The number of nitrogens with zero attached hydrogens (tertiary/aromatic N) is 1. The van der Waals surface area contributed by atoms with Gasteiger partial charge in [0.2, 0.25) is 5.91 Å². The minimum atomic E-state index is -0.382. The largest absolute Gasteiger partial charge is 0.392 e. The van der Waals surface area contributed by atoms with Crippen LogP contribution in [0.25, 0.3) is 0 Å². The van der Waals surface area contributed by atoms with Gasteiger partial charge in [0.15, 0.2) is 0 Å². The number of rotatable bonds is 4. The maximum Gasteiger partial charge on any atom is 0.234 e. The molecule has 0 radical (unpaired) electrons. The molecule has 3 N–H and O–H groups in total. The molecule has 2 rings (SSSR count). The highest BCUT2D eigenvalue weighted by Crippen LogP contribution is 2.31. The predicted octanol–water partition coefficient (Wildman–Crippen LogP) is 1.12. The van der Waals surface area contributed by atoms with E-state index < -0.39 is 0 Å². The molecule has 0 aromatic rings. The molecule has 0 spiro atoms. The van der Waals surface area contributed by atoms with Crippen molar-refractivity contribution < 1.29 is 9.90 Å². The van der Waals surface area contributed by atoms with Gasteiger partial charge in [0, 0.05) is 6.54 Å². The number of aliphatic hydroxyl groups is 1. The highest BCUT2D eigenvalue weighted by molar-refractivity contribution is 5.80. The van der Waals surface area contributed by atoms with Crippen LogP contribution in [0.3, 0.4) is 0 Å². The summed E-state index contributed by atoms with van der Waals surface area (Å²) in [6.45, 7) is 3.84. The summed E-state index contributed by atoms with van der Waals surface area (Å²) in [5.74, 6) is 1.35. The quantitative estimate of drug-likeness (QED) is 0.790. The second-order valence-corrected chi connectivity index (χ2v) is 6.23. The number of aliphatic hydroxyl groups excluding tert-OH is 1. The molecule has 2 aliphatic rings. The number of nitrogens with two attached hydrogens (primary N) is 1. The minimum Gasteiger partial charge on any atom is -0.392 e. The molecule has 1 aliphatic carbocycles. The number of likely N-dealkylation sites (tertiary alicyclic amines) is 1. The summed E-state index contributed by atoms with van der Waals surface area (Å²) < 4.78 is 0. The first-order valence-electron chi connectivity index (χ1n) is 7.27. The van der Waals surface area contributed by atoms with E-state index in [-0.39, 0.29) is 18.1 Å². The van der Waals surface area contributed by atoms with E-state index >= 15 is 0 Å². The Balaban J connectivity index is 1.80. The van der Waals surface area contributed by atoms with Gasteiger partial charge in [-0.15, -0.1) is 0 Å². The Morgan fingerprint density at radius 2 is 2.17 bits per heavy atom. The fourth-order valence-electron chi connectivity index (χ4n) is 3.59. The molecule has 0 bridgehead atoms. The van der Waals surface area contributed by atoms with Crippen molar-refractivity contribution in [3.8, 4) is 0 Å². The first kappa shape index (κ1) is 13.8. The van der Waals surface area contributed by atoms with E-state index in [1.165, 1.54) is 25.7 Å². The maximum atomic E-state index is 11.3. The van der Waals surface area contributed by atoms with Crippen molar-refractivity contribution in [2.24, 2.45) is 17.6 Å². The van der Waals surface area contributed by atoms with Gasteiger partial charge >= 0.3 is 0 Å². The Bertz CT molecular complexity index is 296. The molecular formula is C14H26N2O2. The summed E-state index contributed by atoms with van der Waals surface area (Å²) in [7, 11) is 0. The van der Waals surface area contributed by atoms with Gasteiger partial charge in [0.25, 0.3) is 0 Å². The molecule has 2 fully saturated rings. The number of carbonyl (C=O) groups excluding carboxylic acids is 1. The Morgan fingerprint density at radius 3 is 2.83 bits per heavy atom. The third-order valence-electron chi connectivity index (χ3n) is 4.58. The highest BCUT2D eigenvalue weighted by atomic mass is 16.3. The predicted molar refractivity (Wildman–Crippen MR) is 70.9 cm³/mol. The summed E-state index contributed by atoms with van der Waals surface area (Å²) in [4.78, 5) is 13.4. The fraction of sp³-hybridized carbons (Fsp3) is 0.929. The number of hydrogen-bond donors (Lipinski definition) is 2. The molecule has 18 heavy (non-hydrogen) atoms. The Kier molecular flexibility index (Phi) is 4.62. The van der Waals surface area contributed by atoms with Crippen molar-refractivity contribution >= 4 is 5.91 Å². The van der Waals surface area contributed by atoms with Crippen LogP contribution < -0.4 is 5.73 Å². The fourth-order valence-corrected chi connectivity index (χ4v) is 3.59. The molecule has 0 unspecified atom stereocenters. The van der Waals surface area contributed by atoms with Crippen molar-refractivity contribution in [3.05, 3.63) is 0 Å². The second-order valence-electron chi connectivity index (χ2n) is 6.23. The van der Waals surface area contributed by atoms with Crippen LogP contribution in [0.4, 0.5) is 0 Å².